The summed E-state index contributed by atoms with van der Waals surface area (Å²) in [7, 11) is 0. The Morgan fingerprint density at radius 1 is 0.415 bits per heavy atom. The molecule has 0 aliphatic rings. The minimum absolute atomic E-state index is 0.00578. The number of amides is 1. The van der Waals surface area contributed by atoms with Gasteiger partial charge in [-0.3, -0.25) is 9.59 Å². The second-order valence-corrected chi connectivity index (χ2v) is 20.3. The van der Waals surface area contributed by atoms with Crippen LogP contribution in [0.5, 0.6) is 0 Å². The summed E-state index contributed by atoms with van der Waals surface area (Å²) >= 11 is 0. The lowest BCUT2D eigenvalue weighted by atomic mass is 10.0. The molecule has 0 aliphatic heterocycles. The van der Waals surface area contributed by atoms with Gasteiger partial charge in [-0.15, -0.1) is 0 Å². The second kappa shape index (κ2) is 55.2. The Labute approximate surface area is 406 Å². The van der Waals surface area contributed by atoms with E-state index >= 15 is 0 Å². The van der Waals surface area contributed by atoms with Gasteiger partial charge in [0.2, 0.25) is 5.91 Å². The van der Waals surface area contributed by atoms with Crippen LogP contribution in [0.1, 0.15) is 328 Å². The molecular formula is C59H115NO5. The molecule has 0 heterocycles. The SMILES string of the molecule is CCCCCCCCCCCCCCCCCCC/C=C/C(O)C(CO)NC(=O)CCCCCCCCCCCCCCCCCCCOC(=O)CCCCCCCCCCCCCC. The number of unbranched alkanes of at least 4 members (excludes halogenated alkanes) is 44. The van der Waals surface area contributed by atoms with E-state index in [0.29, 0.717) is 19.4 Å². The van der Waals surface area contributed by atoms with Crippen LogP contribution in [0.3, 0.4) is 0 Å². The zero-order chi connectivity index (χ0) is 47.2. The Balaban J connectivity index is 3.45. The zero-order valence-corrected chi connectivity index (χ0v) is 44.0. The van der Waals surface area contributed by atoms with Gasteiger partial charge in [0.05, 0.1) is 25.4 Å². The first-order valence-corrected chi connectivity index (χ1v) is 29.5. The Hall–Kier alpha value is -1.40. The van der Waals surface area contributed by atoms with Gasteiger partial charge in [-0.2, -0.15) is 0 Å². The zero-order valence-electron chi connectivity index (χ0n) is 44.0. The molecule has 0 aromatic heterocycles. The summed E-state index contributed by atoms with van der Waals surface area (Å²) in [5.41, 5.74) is 0. The summed E-state index contributed by atoms with van der Waals surface area (Å²) < 4.78 is 5.47. The fourth-order valence-corrected chi connectivity index (χ4v) is 9.28. The molecule has 0 saturated heterocycles. The van der Waals surface area contributed by atoms with Crippen LogP contribution in [0.25, 0.3) is 0 Å². The maximum atomic E-state index is 12.5. The molecule has 0 aliphatic carbocycles. The third-order valence-electron chi connectivity index (χ3n) is 13.8. The third-order valence-corrected chi connectivity index (χ3v) is 13.8. The molecule has 0 spiro atoms. The highest BCUT2D eigenvalue weighted by Gasteiger charge is 2.18. The summed E-state index contributed by atoms with van der Waals surface area (Å²) in [6, 6.07) is -0.631. The van der Waals surface area contributed by atoms with Gasteiger partial charge in [0.15, 0.2) is 0 Å². The summed E-state index contributed by atoms with van der Waals surface area (Å²) in [6.07, 6.45) is 65.2. The number of carbonyl (C=O) groups excluding carboxylic acids is 2. The Bertz CT molecular complexity index is 970. The van der Waals surface area contributed by atoms with Gasteiger partial charge in [0.25, 0.3) is 0 Å². The molecule has 2 atom stereocenters. The van der Waals surface area contributed by atoms with E-state index in [1.807, 2.05) is 6.08 Å². The van der Waals surface area contributed by atoms with E-state index in [1.54, 1.807) is 6.08 Å². The van der Waals surface area contributed by atoms with Crippen LogP contribution in [0.15, 0.2) is 12.2 Å². The molecule has 0 aromatic rings. The highest BCUT2D eigenvalue weighted by molar-refractivity contribution is 5.76. The van der Waals surface area contributed by atoms with E-state index in [2.05, 4.69) is 19.2 Å². The van der Waals surface area contributed by atoms with Gasteiger partial charge < -0.3 is 20.3 Å². The van der Waals surface area contributed by atoms with E-state index in [1.165, 1.54) is 257 Å². The largest absolute Gasteiger partial charge is 0.466 e. The number of aliphatic hydroxyl groups is 2. The normalized spacial score (nSPS) is 12.6. The Kier molecular flexibility index (Phi) is 54.0. The lowest BCUT2D eigenvalue weighted by Gasteiger charge is -2.20. The van der Waals surface area contributed by atoms with Crippen LogP contribution in [0.2, 0.25) is 0 Å². The molecule has 0 fully saturated rings. The number of hydrogen-bond donors (Lipinski definition) is 3. The van der Waals surface area contributed by atoms with Gasteiger partial charge in [0, 0.05) is 12.8 Å². The molecular weight excluding hydrogens is 803 g/mol. The number of carbonyl (C=O) groups is 2. The van der Waals surface area contributed by atoms with Crippen LogP contribution in [0, 0.1) is 0 Å². The minimum Gasteiger partial charge on any atom is -0.466 e. The van der Waals surface area contributed by atoms with Crippen molar-refractivity contribution >= 4 is 11.9 Å². The van der Waals surface area contributed by atoms with Crippen molar-refractivity contribution in [3.05, 3.63) is 12.2 Å². The van der Waals surface area contributed by atoms with E-state index in [0.717, 1.165) is 44.9 Å². The molecule has 0 rings (SSSR count). The molecule has 0 bridgehead atoms. The summed E-state index contributed by atoms with van der Waals surface area (Å²) in [5.74, 6) is -0.0644. The molecule has 6 nitrogen and oxygen atoms in total. The lowest BCUT2D eigenvalue weighted by molar-refractivity contribution is -0.143. The van der Waals surface area contributed by atoms with Crippen molar-refractivity contribution in [2.45, 2.75) is 341 Å². The van der Waals surface area contributed by atoms with Crippen molar-refractivity contribution in [1.29, 1.82) is 0 Å². The van der Waals surface area contributed by atoms with Crippen molar-refractivity contribution in [3.63, 3.8) is 0 Å². The van der Waals surface area contributed by atoms with E-state index < -0.39 is 12.1 Å². The number of allylic oxidation sites excluding steroid dienone is 1. The number of esters is 1. The fourth-order valence-electron chi connectivity index (χ4n) is 9.28. The molecule has 3 N–H and O–H groups in total. The van der Waals surface area contributed by atoms with Crippen LogP contribution < -0.4 is 5.32 Å². The van der Waals surface area contributed by atoms with Crippen molar-refractivity contribution < 1.29 is 24.5 Å². The molecule has 1 amide bonds. The highest BCUT2D eigenvalue weighted by Crippen LogP contribution is 2.17. The van der Waals surface area contributed by atoms with Crippen molar-refractivity contribution in [2.24, 2.45) is 0 Å². The van der Waals surface area contributed by atoms with E-state index in [-0.39, 0.29) is 18.5 Å². The molecule has 0 radical (unpaired) electrons. The van der Waals surface area contributed by atoms with Crippen LogP contribution in [-0.2, 0) is 14.3 Å². The number of ether oxygens (including phenoxy) is 1. The standard InChI is InChI=1S/C59H115NO5/c1-3-5-7-9-11-13-15-17-18-19-20-22-25-28-31-35-39-43-47-51-57(62)56(55-61)60-58(63)52-48-44-40-36-32-29-26-23-21-24-27-30-34-38-42-46-50-54-65-59(64)53-49-45-41-37-33-16-14-12-10-8-6-4-2/h47,51,56-57,61-62H,3-46,48-50,52-55H2,1-2H3,(H,60,63)/b51-47+. The Morgan fingerprint density at radius 3 is 1.05 bits per heavy atom. The summed E-state index contributed by atoms with van der Waals surface area (Å²) in [5, 5.41) is 23.2. The van der Waals surface area contributed by atoms with Gasteiger partial charge in [-0.05, 0) is 32.1 Å². The van der Waals surface area contributed by atoms with Crippen molar-refractivity contribution in [2.75, 3.05) is 13.2 Å². The monoisotopic (exact) mass is 918 g/mol. The smallest absolute Gasteiger partial charge is 0.305 e. The summed E-state index contributed by atoms with van der Waals surface area (Å²) in [4.78, 5) is 24.5. The molecule has 0 aromatic carbocycles. The predicted octanol–water partition coefficient (Wildman–Crippen LogP) is 18.1. The molecule has 386 valence electrons. The topological polar surface area (TPSA) is 95.9 Å². The number of aliphatic hydroxyl groups excluding tert-OH is 2. The first-order valence-electron chi connectivity index (χ1n) is 29.5. The van der Waals surface area contributed by atoms with Crippen LogP contribution >= 0.6 is 0 Å². The van der Waals surface area contributed by atoms with Crippen molar-refractivity contribution in [3.8, 4) is 0 Å². The minimum atomic E-state index is -0.847. The third kappa shape index (κ3) is 51.8. The number of rotatable bonds is 55. The van der Waals surface area contributed by atoms with Gasteiger partial charge in [-0.25, -0.2) is 0 Å². The number of hydrogen-bond acceptors (Lipinski definition) is 5. The second-order valence-electron chi connectivity index (χ2n) is 20.3. The van der Waals surface area contributed by atoms with Gasteiger partial charge in [0.1, 0.15) is 0 Å². The molecule has 2 unspecified atom stereocenters. The summed E-state index contributed by atoms with van der Waals surface area (Å²) in [6.45, 7) is 4.91. The predicted molar refractivity (Wildman–Crippen MR) is 283 cm³/mol. The molecule has 6 heteroatoms. The Morgan fingerprint density at radius 2 is 0.708 bits per heavy atom. The maximum Gasteiger partial charge on any atom is 0.305 e. The molecule has 0 saturated carbocycles. The average molecular weight is 919 g/mol. The van der Waals surface area contributed by atoms with Gasteiger partial charge >= 0.3 is 5.97 Å². The molecule has 65 heavy (non-hydrogen) atoms. The number of nitrogens with one attached hydrogen (secondary N) is 1. The van der Waals surface area contributed by atoms with E-state index in [4.69, 9.17) is 4.74 Å². The first kappa shape index (κ1) is 63.6. The fraction of sp³-hybridized carbons (Fsp3) is 0.932. The average Bonchev–Trinajstić information content (AvgIpc) is 3.31. The van der Waals surface area contributed by atoms with E-state index in [9.17, 15) is 19.8 Å². The maximum absolute atomic E-state index is 12.5. The quantitative estimate of drug-likeness (QED) is 0.0321. The van der Waals surface area contributed by atoms with Crippen molar-refractivity contribution in [1.82, 2.24) is 5.32 Å². The van der Waals surface area contributed by atoms with Gasteiger partial charge in [-0.1, -0.05) is 296 Å². The van der Waals surface area contributed by atoms with Crippen LogP contribution in [-0.4, -0.2) is 47.4 Å². The lowest BCUT2D eigenvalue weighted by Crippen LogP contribution is -2.45. The van der Waals surface area contributed by atoms with Crippen LogP contribution in [0.4, 0.5) is 0 Å². The first-order chi connectivity index (χ1) is 32.0. The highest BCUT2D eigenvalue weighted by atomic mass is 16.5.